The number of nitrogens with one attached hydrogen (secondary N) is 1. The smallest absolute Gasteiger partial charge is 0.123 e. The minimum absolute atomic E-state index is 0.0968. The SMILES string of the molecule is Fc1ccc2c(c1)C1CCCCCC1N2. The predicted octanol–water partition coefficient (Wildman–Crippen LogP) is 3.67. The fourth-order valence-electron chi connectivity index (χ4n) is 3.02. The molecule has 0 saturated heterocycles. The van der Waals surface area contributed by atoms with Crippen molar-refractivity contribution in [3.8, 4) is 0 Å². The minimum Gasteiger partial charge on any atom is -0.381 e. The number of halogens is 1. The van der Waals surface area contributed by atoms with E-state index < -0.39 is 0 Å². The van der Waals surface area contributed by atoms with Crippen LogP contribution in [0.15, 0.2) is 18.2 Å². The summed E-state index contributed by atoms with van der Waals surface area (Å²) in [6.07, 6.45) is 6.39. The molecule has 2 atom stereocenters. The number of benzene rings is 1. The van der Waals surface area contributed by atoms with Gasteiger partial charge in [0.25, 0.3) is 0 Å². The molecule has 1 aromatic carbocycles. The quantitative estimate of drug-likeness (QED) is 0.681. The van der Waals surface area contributed by atoms with Crippen LogP contribution in [0.3, 0.4) is 0 Å². The van der Waals surface area contributed by atoms with Crippen LogP contribution in [0.2, 0.25) is 0 Å². The molecular formula is C13H16FN. The zero-order valence-electron chi connectivity index (χ0n) is 8.80. The van der Waals surface area contributed by atoms with Crippen LogP contribution in [0.25, 0.3) is 0 Å². The Morgan fingerprint density at radius 1 is 1.13 bits per heavy atom. The largest absolute Gasteiger partial charge is 0.381 e. The van der Waals surface area contributed by atoms with Crippen molar-refractivity contribution in [3.63, 3.8) is 0 Å². The molecule has 0 bridgehead atoms. The van der Waals surface area contributed by atoms with Crippen LogP contribution in [-0.2, 0) is 0 Å². The molecule has 3 rings (SSSR count). The monoisotopic (exact) mass is 205 g/mol. The Morgan fingerprint density at radius 2 is 2.00 bits per heavy atom. The van der Waals surface area contributed by atoms with Gasteiger partial charge in [0.2, 0.25) is 0 Å². The summed E-state index contributed by atoms with van der Waals surface area (Å²) in [6.45, 7) is 0. The average molecular weight is 205 g/mol. The summed E-state index contributed by atoms with van der Waals surface area (Å²) in [5, 5.41) is 3.54. The molecule has 0 amide bonds. The van der Waals surface area contributed by atoms with Gasteiger partial charge in [0.15, 0.2) is 0 Å². The van der Waals surface area contributed by atoms with Gasteiger partial charge in [-0.25, -0.2) is 4.39 Å². The Morgan fingerprint density at radius 3 is 2.93 bits per heavy atom. The second-order valence-corrected chi connectivity index (χ2v) is 4.73. The molecule has 15 heavy (non-hydrogen) atoms. The lowest BCUT2D eigenvalue weighted by Gasteiger charge is -2.16. The number of hydrogen-bond donors (Lipinski definition) is 1. The van der Waals surface area contributed by atoms with E-state index >= 15 is 0 Å². The number of fused-ring (bicyclic) bond motifs is 3. The molecule has 1 N–H and O–H groups in total. The highest BCUT2D eigenvalue weighted by Gasteiger charge is 2.32. The van der Waals surface area contributed by atoms with E-state index in [0.717, 1.165) is 5.69 Å². The van der Waals surface area contributed by atoms with E-state index in [1.807, 2.05) is 6.07 Å². The third kappa shape index (κ3) is 1.52. The summed E-state index contributed by atoms with van der Waals surface area (Å²) in [7, 11) is 0. The molecule has 1 heterocycles. The molecule has 0 spiro atoms. The van der Waals surface area contributed by atoms with E-state index in [1.54, 1.807) is 12.1 Å². The maximum absolute atomic E-state index is 13.2. The Labute approximate surface area is 89.7 Å². The summed E-state index contributed by atoms with van der Waals surface area (Å²) in [4.78, 5) is 0. The zero-order chi connectivity index (χ0) is 10.3. The van der Waals surface area contributed by atoms with Gasteiger partial charge in [-0.15, -0.1) is 0 Å². The van der Waals surface area contributed by atoms with E-state index in [0.29, 0.717) is 12.0 Å². The van der Waals surface area contributed by atoms with Crippen molar-refractivity contribution in [1.82, 2.24) is 0 Å². The van der Waals surface area contributed by atoms with Crippen LogP contribution in [-0.4, -0.2) is 6.04 Å². The van der Waals surface area contributed by atoms with Crippen molar-refractivity contribution >= 4 is 5.69 Å². The molecule has 0 radical (unpaired) electrons. The normalized spacial score (nSPS) is 28.9. The van der Waals surface area contributed by atoms with E-state index in [-0.39, 0.29) is 5.82 Å². The molecule has 80 valence electrons. The van der Waals surface area contributed by atoms with E-state index in [2.05, 4.69) is 5.32 Å². The molecular weight excluding hydrogens is 189 g/mol. The summed E-state index contributed by atoms with van der Waals surface area (Å²) < 4.78 is 13.2. The fraction of sp³-hybridized carbons (Fsp3) is 0.538. The molecule has 2 unspecified atom stereocenters. The summed E-state index contributed by atoms with van der Waals surface area (Å²) in [5.41, 5.74) is 2.37. The molecule has 2 heteroatoms. The van der Waals surface area contributed by atoms with Gasteiger partial charge in [-0.1, -0.05) is 19.3 Å². The van der Waals surface area contributed by atoms with Crippen molar-refractivity contribution in [2.24, 2.45) is 0 Å². The van der Waals surface area contributed by atoms with Crippen molar-refractivity contribution in [2.45, 2.75) is 44.1 Å². The maximum atomic E-state index is 13.2. The number of hydrogen-bond acceptors (Lipinski definition) is 1. The van der Waals surface area contributed by atoms with E-state index in [4.69, 9.17) is 0 Å². The van der Waals surface area contributed by atoms with Crippen LogP contribution in [0.5, 0.6) is 0 Å². The number of rotatable bonds is 0. The maximum Gasteiger partial charge on any atom is 0.123 e. The highest BCUT2D eigenvalue weighted by molar-refractivity contribution is 5.59. The van der Waals surface area contributed by atoms with Crippen molar-refractivity contribution < 1.29 is 4.39 Å². The van der Waals surface area contributed by atoms with Crippen molar-refractivity contribution in [3.05, 3.63) is 29.6 Å². The summed E-state index contributed by atoms with van der Waals surface area (Å²) >= 11 is 0. The topological polar surface area (TPSA) is 12.0 Å². The van der Waals surface area contributed by atoms with Crippen LogP contribution in [0, 0.1) is 5.82 Å². The third-order valence-corrected chi connectivity index (χ3v) is 3.77. The minimum atomic E-state index is -0.0968. The first kappa shape index (κ1) is 9.20. The molecule has 1 nitrogen and oxygen atoms in total. The van der Waals surface area contributed by atoms with E-state index in [9.17, 15) is 4.39 Å². The molecule has 1 fully saturated rings. The Kier molecular flexibility index (Phi) is 2.15. The highest BCUT2D eigenvalue weighted by atomic mass is 19.1. The summed E-state index contributed by atoms with van der Waals surface area (Å²) in [5.74, 6) is 0.457. The second-order valence-electron chi connectivity index (χ2n) is 4.73. The lowest BCUT2D eigenvalue weighted by molar-refractivity contribution is 0.557. The Hall–Kier alpha value is -1.05. The fourth-order valence-corrected chi connectivity index (χ4v) is 3.02. The lowest BCUT2D eigenvalue weighted by Crippen LogP contribution is -2.18. The lowest BCUT2D eigenvalue weighted by atomic mass is 9.91. The van der Waals surface area contributed by atoms with Gasteiger partial charge in [0.1, 0.15) is 5.82 Å². The second kappa shape index (κ2) is 3.51. The van der Waals surface area contributed by atoms with E-state index in [1.165, 1.54) is 37.7 Å². The number of anilines is 1. The average Bonchev–Trinajstić information content (AvgIpc) is 2.44. The zero-order valence-corrected chi connectivity index (χ0v) is 8.80. The molecule has 1 aliphatic carbocycles. The first-order valence-electron chi connectivity index (χ1n) is 5.90. The van der Waals surface area contributed by atoms with Crippen molar-refractivity contribution in [1.29, 1.82) is 0 Å². The molecule has 0 aromatic heterocycles. The van der Waals surface area contributed by atoms with Crippen LogP contribution in [0.1, 0.15) is 43.6 Å². The molecule has 1 aliphatic heterocycles. The Bertz CT molecular complexity index is 375. The molecule has 1 aromatic rings. The third-order valence-electron chi connectivity index (χ3n) is 3.77. The standard InChI is InChI=1S/C13H16FN/c14-9-6-7-13-11(8-9)10-4-2-1-3-5-12(10)15-13/h6-8,10,12,15H,1-5H2. The van der Waals surface area contributed by atoms with Crippen LogP contribution in [0.4, 0.5) is 10.1 Å². The first-order chi connectivity index (χ1) is 7.34. The van der Waals surface area contributed by atoms with Gasteiger partial charge in [0, 0.05) is 17.6 Å². The van der Waals surface area contributed by atoms with Crippen LogP contribution < -0.4 is 5.32 Å². The van der Waals surface area contributed by atoms with Crippen LogP contribution >= 0.6 is 0 Å². The highest BCUT2D eigenvalue weighted by Crippen LogP contribution is 2.42. The first-order valence-corrected chi connectivity index (χ1v) is 5.90. The summed E-state index contributed by atoms with van der Waals surface area (Å²) in [6, 6.07) is 5.72. The molecule has 2 aliphatic rings. The van der Waals surface area contributed by atoms with Gasteiger partial charge in [-0.05, 0) is 36.6 Å². The van der Waals surface area contributed by atoms with Gasteiger partial charge in [-0.2, -0.15) is 0 Å². The van der Waals surface area contributed by atoms with Gasteiger partial charge in [-0.3, -0.25) is 0 Å². The van der Waals surface area contributed by atoms with Gasteiger partial charge in [0.05, 0.1) is 0 Å². The molecule has 1 saturated carbocycles. The van der Waals surface area contributed by atoms with Gasteiger partial charge >= 0.3 is 0 Å². The van der Waals surface area contributed by atoms with Gasteiger partial charge < -0.3 is 5.32 Å². The van der Waals surface area contributed by atoms with Crippen molar-refractivity contribution in [2.75, 3.05) is 5.32 Å². The Balaban J connectivity index is 1.98. The predicted molar refractivity (Wildman–Crippen MR) is 59.6 cm³/mol.